The predicted octanol–water partition coefficient (Wildman–Crippen LogP) is 2.30. The first kappa shape index (κ1) is 11.2. The van der Waals surface area contributed by atoms with Gasteiger partial charge in [-0.3, -0.25) is 4.98 Å². The van der Waals surface area contributed by atoms with Crippen molar-refractivity contribution in [2.24, 2.45) is 0 Å². The second kappa shape index (κ2) is 4.78. The highest BCUT2D eigenvalue weighted by Gasteiger charge is 2.28. The van der Waals surface area contributed by atoms with Crippen LogP contribution in [0.3, 0.4) is 0 Å². The quantitative estimate of drug-likeness (QED) is 0.889. The van der Waals surface area contributed by atoms with E-state index >= 15 is 0 Å². The third kappa shape index (κ3) is 1.87. The molecule has 3 rings (SSSR count). The van der Waals surface area contributed by atoms with Crippen molar-refractivity contribution in [3.8, 4) is 11.1 Å². The average molecular weight is 238 g/mol. The standard InChI is InChI=1S/C15H16N3/c1-16-15-8-10-18(15)14-7-3-2-6-13(14)12-5-4-9-17-11-12/h2-7,9,15-16H,8,10H2,1H3. The Labute approximate surface area is 107 Å². The van der Waals surface area contributed by atoms with Gasteiger partial charge in [0.2, 0.25) is 0 Å². The van der Waals surface area contributed by atoms with Gasteiger partial charge in [0.25, 0.3) is 0 Å². The van der Waals surface area contributed by atoms with Crippen molar-refractivity contribution in [1.29, 1.82) is 0 Å². The molecule has 1 aromatic carbocycles. The van der Waals surface area contributed by atoms with E-state index in [0.717, 1.165) is 12.1 Å². The van der Waals surface area contributed by atoms with Gasteiger partial charge in [-0.15, -0.1) is 0 Å². The van der Waals surface area contributed by atoms with E-state index in [1.807, 2.05) is 13.1 Å². The third-order valence-electron chi connectivity index (χ3n) is 3.47. The molecule has 1 N–H and O–H groups in total. The fraction of sp³-hybridized carbons (Fsp3) is 0.267. The molecule has 1 aliphatic rings. The van der Waals surface area contributed by atoms with E-state index in [9.17, 15) is 0 Å². The zero-order valence-corrected chi connectivity index (χ0v) is 10.4. The smallest absolute Gasteiger partial charge is 0.0971 e. The van der Waals surface area contributed by atoms with E-state index in [1.165, 1.54) is 17.7 Å². The summed E-state index contributed by atoms with van der Waals surface area (Å²) in [6.45, 7) is 1.10. The monoisotopic (exact) mass is 238 g/mol. The molecule has 91 valence electrons. The van der Waals surface area contributed by atoms with Crippen molar-refractivity contribution >= 4 is 5.69 Å². The third-order valence-corrected chi connectivity index (χ3v) is 3.47. The molecule has 2 heterocycles. The second-order valence-corrected chi connectivity index (χ2v) is 4.47. The van der Waals surface area contributed by atoms with Crippen LogP contribution < -0.4 is 10.2 Å². The van der Waals surface area contributed by atoms with Gasteiger partial charge in [-0.2, -0.15) is 0 Å². The Balaban J connectivity index is 2.01. The van der Waals surface area contributed by atoms with Crippen LogP contribution in [0.25, 0.3) is 11.1 Å². The van der Waals surface area contributed by atoms with Gasteiger partial charge in [-0.25, -0.2) is 0 Å². The number of hydrogen-bond acceptors (Lipinski definition) is 3. The zero-order valence-electron chi connectivity index (χ0n) is 10.4. The minimum Gasteiger partial charge on any atom is -0.355 e. The molecule has 1 saturated heterocycles. The topological polar surface area (TPSA) is 28.2 Å². The number of anilines is 1. The molecule has 2 aromatic rings. The lowest BCUT2D eigenvalue weighted by atomic mass is 10.0. The zero-order chi connectivity index (χ0) is 12.4. The first-order valence-electron chi connectivity index (χ1n) is 6.26. The van der Waals surface area contributed by atoms with Crippen molar-refractivity contribution in [3.63, 3.8) is 0 Å². The van der Waals surface area contributed by atoms with Crippen molar-refractivity contribution in [1.82, 2.24) is 10.3 Å². The molecule has 0 amide bonds. The largest absolute Gasteiger partial charge is 0.355 e. The van der Waals surface area contributed by atoms with Gasteiger partial charge in [0.05, 0.1) is 12.4 Å². The fourth-order valence-electron chi connectivity index (χ4n) is 2.40. The van der Waals surface area contributed by atoms with Gasteiger partial charge in [-0.05, 0) is 25.6 Å². The van der Waals surface area contributed by atoms with E-state index in [1.54, 1.807) is 6.20 Å². The number of benzene rings is 1. The van der Waals surface area contributed by atoms with Crippen molar-refractivity contribution in [2.75, 3.05) is 18.5 Å². The summed E-state index contributed by atoms with van der Waals surface area (Å²) in [5, 5.41) is 3.33. The molecule has 0 bridgehead atoms. The average Bonchev–Trinajstić information content (AvgIpc) is 2.40. The van der Waals surface area contributed by atoms with Crippen molar-refractivity contribution in [3.05, 3.63) is 48.8 Å². The number of pyridine rings is 1. The molecule has 18 heavy (non-hydrogen) atoms. The summed E-state index contributed by atoms with van der Waals surface area (Å²) in [6.07, 6.45) is 6.46. The number of hydrogen-bond donors (Lipinski definition) is 1. The van der Waals surface area contributed by atoms with Crippen LogP contribution in [0.5, 0.6) is 0 Å². The van der Waals surface area contributed by atoms with Crippen LogP contribution >= 0.6 is 0 Å². The molecule has 0 aliphatic carbocycles. The second-order valence-electron chi connectivity index (χ2n) is 4.47. The molecule has 0 spiro atoms. The van der Waals surface area contributed by atoms with Gasteiger partial charge in [-0.1, -0.05) is 24.3 Å². The van der Waals surface area contributed by atoms with E-state index in [2.05, 4.69) is 51.7 Å². The highest BCUT2D eigenvalue weighted by molar-refractivity contribution is 5.78. The number of rotatable bonds is 3. The number of nitrogens with one attached hydrogen (secondary N) is 1. The van der Waals surface area contributed by atoms with Crippen LogP contribution in [0.1, 0.15) is 6.42 Å². The Hall–Kier alpha value is -1.87. The van der Waals surface area contributed by atoms with Crippen LogP contribution in [-0.4, -0.2) is 24.7 Å². The summed E-state index contributed by atoms with van der Waals surface area (Å²) in [5.41, 5.74) is 3.51. The van der Waals surface area contributed by atoms with Gasteiger partial charge in [0.15, 0.2) is 0 Å². The Morgan fingerprint density at radius 2 is 2.17 bits per heavy atom. The van der Waals surface area contributed by atoms with E-state index in [-0.39, 0.29) is 0 Å². The van der Waals surface area contributed by atoms with Gasteiger partial charge >= 0.3 is 0 Å². The number of nitrogens with zero attached hydrogens (tertiary/aromatic N) is 2. The Kier molecular flexibility index (Phi) is 2.99. The summed E-state index contributed by atoms with van der Waals surface area (Å²) in [6, 6.07) is 12.5. The number of para-hydroxylation sites is 1. The van der Waals surface area contributed by atoms with Crippen molar-refractivity contribution < 1.29 is 0 Å². The van der Waals surface area contributed by atoms with Crippen LogP contribution in [0.15, 0.2) is 42.6 Å². The SMILES string of the molecule is CNC1CCN1c1ccccc1-c1[c]nccc1. The molecule has 3 nitrogen and oxygen atoms in total. The predicted molar refractivity (Wildman–Crippen MR) is 73.3 cm³/mol. The maximum atomic E-state index is 4.09. The summed E-state index contributed by atoms with van der Waals surface area (Å²) >= 11 is 0. The molecule has 1 radical (unpaired) electrons. The van der Waals surface area contributed by atoms with E-state index in [0.29, 0.717) is 6.17 Å². The molecule has 1 atom stereocenters. The lowest BCUT2D eigenvalue weighted by Crippen LogP contribution is -2.55. The number of aromatic nitrogens is 1. The maximum absolute atomic E-state index is 4.09. The first-order chi connectivity index (χ1) is 8.90. The molecule has 1 aliphatic heterocycles. The molecule has 1 aromatic heterocycles. The molecule has 1 unspecified atom stereocenters. The van der Waals surface area contributed by atoms with Crippen molar-refractivity contribution in [2.45, 2.75) is 12.6 Å². The summed E-state index contributed by atoms with van der Waals surface area (Å²) in [5.74, 6) is 0. The minimum atomic E-state index is 0.447. The summed E-state index contributed by atoms with van der Waals surface area (Å²) in [7, 11) is 2.01. The fourth-order valence-corrected chi connectivity index (χ4v) is 2.40. The Bertz CT molecular complexity index is 522. The summed E-state index contributed by atoms with van der Waals surface area (Å²) in [4.78, 5) is 6.47. The van der Waals surface area contributed by atoms with E-state index in [4.69, 9.17) is 0 Å². The highest BCUT2D eigenvalue weighted by Crippen LogP contribution is 2.34. The Morgan fingerprint density at radius 1 is 1.28 bits per heavy atom. The van der Waals surface area contributed by atoms with Crippen LogP contribution in [0.4, 0.5) is 5.69 Å². The maximum Gasteiger partial charge on any atom is 0.0971 e. The molecular formula is C15H16N3. The van der Waals surface area contributed by atoms with Gasteiger partial charge in [0.1, 0.15) is 0 Å². The lowest BCUT2D eigenvalue weighted by molar-refractivity contribution is 0.400. The van der Waals surface area contributed by atoms with Crippen LogP contribution in [-0.2, 0) is 0 Å². The van der Waals surface area contributed by atoms with Gasteiger partial charge < -0.3 is 10.2 Å². The normalized spacial score (nSPS) is 18.5. The minimum absolute atomic E-state index is 0.447. The summed E-state index contributed by atoms with van der Waals surface area (Å²) < 4.78 is 0. The first-order valence-corrected chi connectivity index (χ1v) is 6.26. The lowest BCUT2D eigenvalue weighted by Gasteiger charge is -2.43. The molecular weight excluding hydrogens is 222 g/mol. The van der Waals surface area contributed by atoms with Gasteiger partial charge in [0, 0.05) is 29.6 Å². The molecule has 0 saturated carbocycles. The molecule has 1 fully saturated rings. The highest BCUT2D eigenvalue weighted by atomic mass is 15.3. The Morgan fingerprint density at radius 3 is 2.83 bits per heavy atom. The van der Waals surface area contributed by atoms with Crippen LogP contribution in [0.2, 0.25) is 0 Å². The van der Waals surface area contributed by atoms with E-state index < -0.39 is 0 Å². The van der Waals surface area contributed by atoms with Crippen LogP contribution in [0, 0.1) is 6.20 Å². The molecule has 3 heteroatoms.